The molecule has 0 fully saturated rings. The Labute approximate surface area is 111 Å². The molecule has 108 valence electrons. The number of pyridine rings is 1. The first-order valence-electron chi connectivity index (χ1n) is 5.06. The minimum absolute atomic E-state index is 0.316. The lowest BCUT2D eigenvalue weighted by Gasteiger charge is -2.08. The van der Waals surface area contributed by atoms with Crippen LogP contribution in [0, 0.1) is 0 Å². The first kappa shape index (κ1) is 16.0. The van der Waals surface area contributed by atoms with Crippen molar-refractivity contribution in [2.45, 2.75) is 23.9 Å². The molecule has 0 unspecified atom stereocenters. The fraction of sp³-hybridized carbons (Fsp3) is 0.444. The highest BCUT2D eigenvalue weighted by Crippen LogP contribution is 2.21. The van der Waals surface area contributed by atoms with E-state index in [1.54, 1.807) is 0 Å². The Morgan fingerprint density at radius 1 is 1.37 bits per heavy atom. The number of halogens is 4. The minimum Gasteiger partial charge on any atom is -0.326 e. The Hall–Kier alpha value is -1.06. The molecule has 0 saturated heterocycles. The van der Waals surface area contributed by atoms with Crippen molar-refractivity contribution in [1.29, 1.82) is 0 Å². The van der Waals surface area contributed by atoms with Crippen molar-refractivity contribution in [2.75, 3.05) is 6.54 Å². The molecule has 0 atom stereocenters. The van der Waals surface area contributed by atoms with Crippen LogP contribution in [-0.4, -0.2) is 26.1 Å². The predicted octanol–water partition coefficient (Wildman–Crippen LogP) is 1.65. The van der Waals surface area contributed by atoms with Crippen molar-refractivity contribution in [1.82, 2.24) is 9.71 Å². The molecule has 1 heterocycles. The summed E-state index contributed by atoms with van der Waals surface area (Å²) in [7, 11) is -3.99. The molecule has 0 aromatic carbocycles. The summed E-state index contributed by atoms with van der Waals surface area (Å²) in [5, 5.41) is -0.321. The Balaban J connectivity index is 2.66. The van der Waals surface area contributed by atoms with Crippen LogP contribution in [0.4, 0.5) is 13.2 Å². The zero-order chi connectivity index (χ0) is 14.7. The molecule has 1 rings (SSSR count). The zero-order valence-electron chi connectivity index (χ0n) is 9.42. The zero-order valence-corrected chi connectivity index (χ0v) is 11.0. The van der Waals surface area contributed by atoms with E-state index in [0.717, 1.165) is 12.3 Å². The van der Waals surface area contributed by atoms with E-state index in [4.69, 9.17) is 11.6 Å². The van der Waals surface area contributed by atoms with Crippen LogP contribution in [0.15, 0.2) is 22.0 Å². The number of hydrogen-bond acceptors (Lipinski definition) is 3. The minimum atomic E-state index is -4.33. The molecule has 0 amide bonds. The van der Waals surface area contributed by atoms with Gasteiger partial charge in [0.15, 0.2) is 0 Å². The number of sulfonamides is 1. The molecule has 0 aliphatic carbocycles. The second-order valence-electron chi connectivity index (χ2n) is 3.63. The van der Waals surface area contributed by atoms with Gasteiger partial charge in [-0.25, -0.2) is 13.1 Å². The summed E-state index contributed by atoms with van der Waals surface area (Å²) in [4.78, 5) is 12.7. The van der Waals surface area contributed by atoms with E-state index in [0.29, 0.717) is 0 Å². The Kier molecular flexibility index (Phi) is 4.99. The molecule has 5 nitrogen and oxygen atoms in total. The van der Waals surface area contributed by atoms with Gasteiger partial charge in [-0.15, -0.1) is 0 Å². The maximum Gasteiger partial charge on any atom is 0.389 e. The molecule has 10 heteroatoms. The molecule has 0 aliphatic heterocycles. The van der Waals surface area contributed by atoms with Crippen LogP contribution in [0.3, 0.4) is 0 Å². The van der Waals surface area contributed by atoms with Crippen LogP contribution in [-0.2, 0) is 10.0 Å². The molecule has 0 radical (unpaired) electrons. The first-order valence-corrected chi connectivity index (χ1v) is 6.92. The van der Waals surface area contributed by atoms with E-state index in [2.05, 4.69) is 4.98 Å². The third-order valence-electron chi connectivity index (χ3n) is 2.07. The van der Waals surface area contributed by atoms with Crippen molar-refractivity contribution in [3.8, 4) is 0 Å². The molecule has 19 heavy (non-hydrogen) atoms. The van der Waals surface area contributed by atoms with Crippen molar-refractivity contribution >= 4 is 21.6 Å². The third kappa shape index (κ3) is 5.21. The fourth-order valence-corrected chi connectivity index (χ4v) is 2.48. The maximum atomic E-state index is 11.9. The van der Waals surface area contributed by atoms with Crippen LogP contribution in [0.25, 0.3) is 0 Å². The highest BCUT2D eigenvalue weighted by atomic mass is 35.5. The van der Waals surface area contributed by atoms with Gasteiger partial charge in [-0.1, -0.05) is 11.6 Å². The number of rotatable bonds is 5. The monoisotopic (exact) mass is 318 g/mol. The van der Waals surface area contributed by atoms with Gasteiger partial charge in [-0.3, -0.25) is 4.79 Å². The topological polar surface area (TPSA) is 79.0 Å². The van der Waals surface area contributed by atoms with Crippen LogP contribution in [0.2, 0.25) is 5.02 Å². The van der Waals surface area contributed by atoms with Crippen molar-refractivity contribution in [2.24, 2.45) is 0 Å². The average Bonchev–Trinajstić information content (AvgIpc) is 2.27. The quantitative estimate of drug-likeness (QED) is 0.810. The van der Waals surface area contributed by atoms with Gasteiger partial charge in [-0.05, 0) is 12.5 Å². The molecular formula is C9H10ClF3N2O3S. The first-order chi connectivity index (χ1) is 8.62. The largest absolute Gasteiger partial charge is 0.389 e. The van der Waals surface area contributed by atoms with Gasteiger partial charge in [0.25, 0.3) is 5.56 Å². The normalized spacial score (nSPS) is 12.6. The van der Waals surface area contributed by atoms with E-state index in [1.165, 1.54) is 0 Å². The number of alkyl halides is 3. The van der Waals surface area contributed by atoms with Gasteiger partial charge in [0, 0.05) is 19.2 Å². The highest BCUT2D eigenvalue weighted by Gasteiger charge is 2.26. The van der Waals surface area contributed by atoms with Crippen LogP contribution >= 0.6 is 11.6 Å². The molecule has 0 aliphatic rings. The number of aromatic nitrogens is 1. The van der Waals surface area contributed by atoms with Crippen LogP contribution in [0.5, 0.6) is 0 Å². The molecule has 0 bridgehead atoms. The average molecular weight is 319 g/mol. The standard InChI is InChI=1S/C9H10ClF3N2O3S/c10-7-4-6(5-14-8(7)16)19(17,18)15-3-1-2-9(11,12)13/h4-5,15H,1-3H2,(H,14,16). The van der Waals surface area contributed by atoms with Gasteiger partial charge >= 0.3 is 6.18 Å². The summed E-state index contributed by atoms with van der Waals surface area (Å²) in [6, 6.07) is 0.923. The number of H-pyrrole nitrogens is 1. The second-order valence-corrected chi connectivity index (χ2v) is 5.80. The molecule has 1 aromatic heterocycles. The maximum absolute atomic E-state index is 11.9. The van der Waals surface area contributed by atoms with Crippen molar-refractivity contribution in [3.63, 3.8) is 0 Å². The van der Waals surface area contributed by atoms with Crippen LogP contribution < -0.4 is 10.3 Å². The van der Waals surface area contributed by atoms with E-state index < -0.39 is 28.2 Å². The SMILES string of the molecule is O=c1[nH]cc(S(=O)(=O)NCCCC(F)(F)F)cc1Cl. The molecule has 1 aromatic rings. The van der Waals surface area contributed by atoms with E-state index >= 15 is 0 Å². The number of nitrogens with one attached hydrogen (secondary N) is 2. The summed E-state index contributed by atoms with van der Waals surface area (Å²) in [6.07, 6.45) is -4.87. The fourth-order valence-electron chi connectivity index (χ4n) is 1.17. The predicted molar refractivity (Wildman–Crippen MR) is 62.6 cm³/mol. The summed E-state index contributed by atoms with van der Waals surface area (Å²) < 4.78 is 60.9. The lowest BCUT2D eigenvalue weighted by molar-refractivity contribution is -0.135. The summed E-state index contributed by atoms with van der Waals surface area (Å²) in [6.45, 7) is -0.363. The molecular weight excluding hydrogens is 309 g/mol. The lowest BCUT2D eigenvalue weighted by Crippen LogP contribution is -2.26. The number of aromatic amines is 1. The molecule has 0 spiro atoms. The summed E-state index contributed by atoms with van der Waals surface area (Å²) >= 11 is 5.46. The Morgan fingerprint density at radius 3 is 2.53 bits per heavy atom. The summed E-state index contributed by atoms with van der Waals surface area (Å²) in [5.74, 6) is 0. The molecule has 0 saturated carbocycles. The van der Waals surface area contributed by atoms with Crippen molar-refractivity contribution < 1.29 is 21.6 Å². The third-order valence-corrected chi connectivity index (χ3v) is 3.79. The van der Waals surface area contributed by atoms with Gasteiger partial charge in [0.1, 0.15) is 5.02 Å². The Bertz CT molecular complexity index is 597. The van der Waals surface area contributed by atoms with Crippen molar-refractivity contribution in [3.05, 3.63) is 27.6 Å². The second kappa shape index (κ2) is 5.93. The van der Waals surface area contributed by atoms with Gasteiger partial charge < -0.3 is 4.98 Å². The van der Waals surface area contributed by atoms with Gasteiger partial charge in [-0.2, -0.15) is 13.2 Å². The van der Waals surface area contributed by atoms with E-state index in [1.807, 2.05) is 4.72 Å². The van der Waals surface area contributed by atoms with E-state index in [9.17, 15) is 26.4 Å². The molecule has 2 N–H and O–H groups in total. The summed E-state index contributed by atoms with van der Waals surface area (Å²) in [5.41, 5.74) is -0.655. The number of hydrogen-bond donors (Lipinski definition) is 2. The smallest absolute Gasteiger partial charge is 0.326 e. The highest BCUT2D eigenvalue weighted by molar-refractivity contribution is 7.89. The Morgan fingerprint density at radius 2 is 2.00 bits per heavy atom. The van der Waals surface area contributed by atoms with Gasteiger partial charge in [0.05, 0.1) is 4.90 Å². The lowest BCUT2D eigenvalue weighted by atomic mass is 10.3. The van der Waals surface area contributed by atoms with Crippen LogP contribution in [0.1, 0.15) is 12.8 Å². The van der Waals surface area contributed by atoms with E-state index in [-0.39, 0.29) is 22.9 Å². The van der Waals surface area contributed by atoms with Gasteiger partial charge in [0.2, 0.25) is 10.0 Å².